The molecule has 0 bridgehead atoms. The van der Waals surface area contributed by atoms with Crippen molar-refractivity contribution in [3.8, 4) is 0 Å². The van der Waals surface area contributed by atoms with Gasteiger partial charge in [0.2, 0.25) is 5.91 Å². The maximum Gasteiger partial charge on any atom is 0.227 e. The molecular weight excluding hydrogens is 348 g/mol. The van der Waals surface area contributed by atoms with Gasteiger partial charge >= 0.3 is 0 Å². The highest BCUT2D eigenvalue weighted by atomic mass is 35.5. The Morgan fingerprint density at radius 2 is 1.88 bits per heavy atom. The lowest BCUT2D eigenvalue weighted by Gasteiger charge is -2.35. The fraction of sp³-hybridized carbons (Fsp3) is 0.450. The monoisotopic (exact) mass is 372 g/mol. The molecule has 5 nitrogen and oxygen atoms in total. The van der Waals surface area contributed by atoms with E-state index >= 15 is 0 Å². The van der Waals surface area contributed by atoms with Gasteiger partial charge in [-0.15, -0.1) is 0 Å². The van der Waals surface area contributed by atoms with Crippen LogP contribution in [0.25, 0.3) is 0 Å². The Morgan fingerprint density at radius 1 is 1.15 bits per heavy atom. The van der Waals surface area contributed by atoms with Crippen LogP contribution in [0, 0.1) is 6.92 Å². The van der Waals surface area contributed by atoms with E-state index in [4.69, 9.17) is 16.6 Å². The van der Waals surface area contributed by atoms with Crippen molar-refractivity contribution in [1.82, 2.24) is 14.9 Å². The molecule has 2 heterocycles. The molecule has 0 atom stereocenters. The first-order chi connectivity index (χ1) is 12.4. The molecule has 1 aliphatic rings. The first kappa shape index (κ1) is 18.6. The van der Waals surface area contributed by atoms with Gasteiger partial charge in [-0.3, -0.25) is 4.79 Å². The van der Waals surface area contributed by atoms with Crippen molar-refractivity contribution < 1.29 is 4.79 Å². The smallest absolute Gasteiger partial charge is 0.227 e. The van der Waals surface area contributed by atoms with E-state index in [-0.39, 0.29) is 5.91 Å². The minimum atomic E-state index is 0.147. The van der Waals surface area contributed by atoms with Crippen LogP contribution >= 0.6 is 11.6 Å². The Labute approximate surface area is 160 Å². The number of anilines is 1. The van der Waals surface area contributed by atoms with Crippen LogP contribution in [0.15, 0.2) is 30.3 Å². The van der Waals surface area contributed by atoms with Crippen molar-refractivity contribution in [2.24, 2.45) is 0 Å². The average molecular weight is 373 g/mol. The summed E-state index contributed by atoms with van der Waals surface area (Å²) in [4.78, 5) is 25.9. The number of carbonyl (C=O) groups excluding carboxylic acids is 1. The van der Waals surface area contributed by atoms with Crippen LogP contribution in [0.5, 0.6) is 0 Å². The molecule has 26 heavy (non-hydrogen) atoms. The minimum Gasteiger partial charge on any atom is -0.353 e. The van der Waals surface area contributed by atoms with E-state index in [2.05, 4.69) is 23.7 Å². The summed E-state index contributed by atoms with van der Waals surface area (Å²) in [5.41, 5.74) is 1.94. The quantitative estimate of drug-likeness (QED) is 0.824. The standard InChI is InChI=1S/C20H25ClN4O/c1-14(2)20-22-15(3)11-18(23-20)24-7-9-25(10-8-24)19(26)13-16-5-4-6-17(21)12-16/h4-6,11-12,14H,7-10,13H2,1-3H3. The number of amides is 1. The molecule has 0 saturated carbocycles. The molecule has 2 aromatic rings. The normalized spacial score (nSPS) is 14.8. The van der Waals surface area contributed by atoms with Crippen LogP contribution in [-0.2, 0) is 11.2 Å². The highest BCUT2D eigenvalue weighted by molar-refractivity contribution is 6.30. The van der Waals surface area contributed by atoms with E-state index in [0.29, 0.717) is 30.5 Å². The molecule has 0 unspecified atom stereocenters. The molecule has 1 aromatic heterocycles. The largest absolute Gasteiger partial charge is 0.353 e. The van der Waals surface area contributed by atoms with Crippen LogP contribution < -0.4 is 4.90 Å². The van der Waals surface area contributed by atoms with Crippen LogP contribution in [-0.4, -0.2) is 47.0 Å². The summed E-state index contributed by atoms with van der Waals surface area (Å²) in [5.74, 6) is 2.28. The Hall–Kier alpha value is -2.14. The van der Waals surface area contributed by atoms with Gasteiger partial charge in [-0.2, -0.15) is 0 Å². The predicted octanol–water partition coefficient (Wildman–Crippen LogP) is 3.45. The maximum absolute atomic E-state index is 12.6. The summed E-state index contributed by atoms with van der Waals surface area (Å²) in [7, 11) is 0. The number of carbonyl (C=O) groups is 1. The van der Waals surface area contributed by atoms with Crippen LogP contribution in [0.4, 0.5) is 5.82 Å². The van der Waals surface area contributed by atoms with Crippen molar-refractivity contribution in [2.75, 3.05) is 31.1 Å². The number of aromatic nitrogens is 2. The van der Waals surface area contributed by atoms with Crippen molar-refractivity contribution in [3.05, 3.63) is 52.4 Å². The zero-order valence-electron chi connectivity index (χ0n) is 15.6. The number of halogens is 1. The summed E-state index contributed by atoms with van der Waals surface area (Å²) in [6.45, 7) is 9.20. The van der Waals surface area contributed by atoms with Crippen molar-refractivity contribution in [3.63, 3.8) is 0 Å². The number of nitrogens with zero attached hydrogens (tertiary/aromatic N) is 4. The molecular formula is C20H25ClN4O. The van der Waals surface area contributed by atoms with Gasteiger partial charge in [0.05, 0.1) is 6.42 Å². The molecule has 1 aromatic carbocycles. The Bertz CT molecular complexity index is 785. The van der Waals surface area contributed by atoms with E-state index in [1.807, 2.05) is 42.2 Å². The third-order valence-corrected chi connectivity index (χ3v) is 4.81. The third kappa shape index (κ3) is 4.52. The molecule has 0 N–H and O–H groups in total. The predicted molar refractivity (Wildman–Crippen MR) is 105 cm³/mol. The van der Waals surface area contributed by atoms with E-state index in [0.717, 1.165) is 36.0 Å². The van der Waals surface area contributed by atoms with E-state index < -0.39 is 0 Å². The van der Waals surface area contributed by atoms with E-state index in [9.17, 15) is 4.79 Å². The van der Waals surface area contributed by atoms with Gasteiger partial charge in [0.25, 0.3) is 0 Å². The van der Waals surface area contributed by atoms with Gasteiger partial charge in [-0.05, 0) is 24.6 Å². The number of hydrogen-bond acceptors (Lipinski definition) is 4. The molecule has 0 aliphatic carbocycles. The van der Waals surface area contributed by atoms with Crippen molar-refractivity contribution in [2.45, 2.75) is 33.1 Å². The summed E-state index contributed by atoms with van der Waals surface area (Å²) in [6, 6.07) is 9.52. The molecule has 0 radical (unpaired) electrons. The number of aryl methyl sites for hydroxylation is 1. The molecule has 1 aliphatic heterocycles. The zero-order valence-corrected chi connectivity index (χ0v) is 16.3. The van der Waals surface area contributed by atoms with Crippen LogP contribution in [0.1, 0.15) is 36.8 Å². The maximum atomic E-state index is 12.6. The van der Waals surface area contributed by atoms with Gasteiger partial charge in [0.1, 0.15) is 11.6 Å². The average Bonchev–Trinajstić information content (AvgIpc) is 2.61. The second kappa shape index (κ2) is 8.04. The third-order valence-electron chi connectivity index (χ3n) is 4.58. The first-order valence-corrected chi connectivity index (χ1v) is 9.43. The fourth-order valence-electron chi connectivity index (χ4n) is 3.11. The van der Waals surface area contributed by atoms with Crippen LogP contribution in [0.3, 0.4) is 0 Å². The molecule has 3 rings (SSSR count). The molecule has 1 saturated heterocycles. The summed E-state index contributed by atoms with van der Waals surface area (Å²) >= 11 is 6.01. The highest BCUT2D eigenvalue weighted by Gasteiger charge is 2.22. The van der Waals surface area contributed by atoms with Crippen molar-refractivity contribution >= 4 is 23.3 Å². The van der Waals surface area contributed by atoms with Crippen LogP contribution in [0.2, 0.25) is 5.02 Å². The number of rotatable bonds is 4. The van der Waals surface area contributed by atoms with Gasteiger partial charge in [-0.25, -0.2) is 9.97 Å². The summed E-state index contributed by atoms with van der Waals surface area (Å²) < 4.78 is 0. The van der Waals surface area contributed by atoms with Gasteiger partial charge in [-0.1, -0.05) is 37.6 Å². The Morgan fingerprint density at radius 3 is 2.54 bits per heavy atom. The van der Waals surface area contributed by atoms with Gasteiger partial charge in [0.15, 0.2) is 0 Å². The lowest BCUT2D eigenvalue weighted by Crippen LogP contribution is -2.49. The second-order valence-electron chi connectivity index (χ2n) is 7.05. The summed E-state index contributed by atoms with van der Waals surface area (Å²) in [6.07, 6.45) is 0.394. The van der Waals surface area contributed by atoms with E-state index in [1.54, 1.807) is 0 Å². The number of hydrogen-bond donors (Lipinski definition) is 0. The molecule has 1 amide bonds. The fourth-order valence-corrected chi connectivity index (χ4v) is 3.33. The number of piperazine rings is 1. The Kier molecular flexibility index (Phi) is 5.77. The minimum absolute atomic E-state index is 0.147. The Balaban J connectivity index is 1.61. The van der Waals surface area contributed by atoms with Gasteiger partial charge < -0.3 is 9.80 Å². The molecule has 1 fully saturated rings. The first-order valence-electron chi connectivity index (χ1n) is 9.05. The topological polar surface area (TPSA) is 49.3 Å². The molecule has 6 heteroatoms. The van der Waals surface area contributed by atoms with Crippen molar-refractivity contribution in [1.29, 1.82) is 0 Å². The lowest BCUT2D eigenvalue weighted by molar-refractivity contribution is -0.130. The van der Waals surface area contributed by atoms with Gasteiger partial charge in [0, 0.05) is 48.9 Å². The second-order valence-corrected chi connectivity index (χ2v) is 7.49. The zero-order chi connectivity index (χ0) is 18.7. The molecule has 138 valence electrons. The number of benzene rings is 1. The van der Waals surface area contributed by atoms with E-state index in [1.165, 1.54) is 0 Å². The lowest BCUT2D eigenvalue weighted by atomic mass is 10.1. The molecule has 0 spiro atoms. The summed E-state index contributed by atoms with van der Waals surface area (Å²) in [5, 5.41) is 0.667. The SMILES string of the molecule is Cc1cc(N2CCN(C(=O)Cc3cccc(Cl)c3)CC2)nc(C(C)C)n1. The highest BCUT2D eigenvalue weighted by Crippen LogP contribution is 2.19.